The number of aliphatic carboxylic acids is 1. The van der Waals surface area contributed by atoms with Crippen LogP contribution in [0.5, 0.6) is 0 Å². The van der Waals surface area contributed by atoms with Crippen LogP contribution in [0, 0.1) is 0 Å². The highest BCUT2D eigenvalue weighted by Gasteiger charge is 2.27. The van der Waals surface area contributed by atoms with Gasteiger partial charge in [-0.25, -0.2) is 9.59 Å². The number of carbonyl (C=O) groups is 3. The fourth-order valence-electron chi connectivity index (χ4n) is 1.40. The lowest BCUT2D eigenvalue weighted by Gasteiger charge is -2.22. The molecule has 1 atom stereocenters. The number of hydrogen-bond acceptors (Lipinski definition) is 5. The minimum atomic E-state index is -1.35. The Hall–Kier alpha value is -2.57. The van der Waals surface area contributed by atoms with Crippen molar-refractivity contribution in [2.24, 2.45) is 0 Å². The number of carboxylic acids is 1. The van der Waals surface area contributed by atoms with E-state index in [1.807, 2.05) is 0 Å². The van der Waals surface area contributed by atoms with Crippen molar-refractivity contribution in [3.05, 3.63) is 37.0 Å². The molecule has 0 saturated heterocycles. The quantitative estimate of drug-likeness (QED) is 0.524. The van der Waals surface area contributed by atoms with Gasteiger partial charge in [-0.1, -0.05) is 31.4 Å². The minimum absolute atomic E-state index is 0.111. The second-order valence-electron chi connectivity index (χ2n) is 5.59. The molecular formula is C16H23NO6. The maximum absolute atomic E-state index is 12.0. The van der Waals surface area contributed by atoms with Gasteiger partial charge in [0.25, 0.3) is 0 Å². The summed E-state index contributed by atoms with van der Waals surface area (Å²) in [4.78, 5) is 34.5. The number of allylic oxidation sites excluding steroid dienone is 2. The Morgan fingerprint density at radius 1 is 1.26 bits per heavy atom. The zero-order valence-corrected chi connectivity index (χ0v) is 13.6. The number of alkyl carbamates (subject to hydrolysis) is 1. The summed E-state index contributed by atoms with van der Waals surface area (Å²) >= 11 is 0. The molecule has 0 spiro atoms. The van der Waals surface area contributed by atoms with Crippen molar-refractivity contribution in [2.45, 2.75) is 38.8 Å². The summed E-state index contributed by atoms with van der Waals surface area (Å²) in [6, 6.07) is -1.35. The molecule has 1 amide bonds. The highest BCUT2D eigenvalue weighted by Crippen LogP contribution is 2.08. The molecule has 0 unspecified atom stereocenters. The molecule has 7 heteroatoms. The van der Waals surface area contributed by atoms with Gasteiger partial charge < -0.3 is 19.9 Å². The van der Waals surface area contributed by atoms with Gasteiger partial charge >= 0.3 is 18.0 Å². The topological polar surface area (TPSA) is 102 Å². The summed E-state index contributed by atoms with van der Waals surface area (Å²) in [7, 11) is 0. The van der Waals surface area contributed by atoms with E-state index in [4.69, 9.17) is 14.6 Å². The number of nitrogens with one attached hydrogen (secondary N) is 1. The van der Waals surface area contributed by atoms with Crippen LogP contribution >= 0.6 is 0 Å². The predicted octanol–water partition coefficient (Wildman–Crippen LogP) is 2.20. The number of amides is 1. The maximum atomic E-state index is 12.0. The number of hydrogen-bond donors (Lipinski definition) is 2. The molecule has 0 radical (unpaired) electrons. The monoisotopic (exact) mass is 325 g/mol. The molecule has 0 aromatic carbocycles. The van der Waals surface area contributed by atoms with Crippen LogP contribution < -0.4 is 5.32 Å². The molecule has 0 heterocycles. The number of esters is 1. The molecule has 0 aliphatic rings. The zero-order valence-electron chi connectivity index (χ0n) is 13.6. The molecule has 0 aromatic rings. The van der Waals surface area contributed by atoms with Gasteiger partial charge in [0.2, 0.25) is 0 Å². The average molecular weight is 325 g/mol. The fraction of sp³-hybridized carbons (Fsp3) is 0.438. The number of rotatable bonds is 8. The maximum Gasteiger partial charge on any atom is 0.408 e. The molecule has 0 rings (SSSR count). The first-order valence-electron chi connectivity index (χ1n) is 6.91. The molecule has 0 fully saturated rings. The van der Waals surface area contributed by atoms with Crippen LogP contribution in [0.15, 0.2) is 37.0 Å². The van der Waals surface area contributed by atoms with Crippen molar-refractivity contribution < 1.29 is 29.0 Å². The highest BCUT2D eigenvalue weighted by atomic mass is 16.6. The van der Waals surface area contributed by atoms with Crippen LogP contribution in [0.2, 0.25) is 0 Å². The van der Waals surface area contributed by atoms with E-state index in [-0.39, 0.29) is 6.61 Å². The Morgan fingerprint density at radius 3 is 2.30 bits per heavy atom. The van der Waals surface area contributed by atoms with Gasteiger partial charge in [-0.15, -0.1) is 0 Å². The van der Waals surface area contributed by atoms with E-state index in [0.717, 1.165) is 0 Å². The van der Waals surface area contributed by atoms with E-state index in [2.05, 4.69) is 18.5 Å². The Morgan fingerprint density at radius 2 is 1.87 bits per heavy atom. The molecule has 2 N–H and O–H groups in total. The summed E-state index contributed by atoms with van der Waals surface area (Å²) < 4.78 is 9.98. The average Bonchev–Trinajstić information content (AvgIpc) is 2.39. The van der Waals surface area contributed by atoms with Gasteiger partial charge in [0.05, 0.1) is 6.42 Å². The summed E-state index contributed by atoms with van der Waals surface area (Å²) in [5, 5.41) is 11.0. The molecule has 128 valence electrons. The van der Waals surface area contributed by atoms with E-state index in [9.17, 15) is 14.4 Å². The number of ether oxygens (including phenoxy) is 2. The Bertz CT molecular complexity index is 501. The summed E-state index contributed by atoms with van der Waals surface area (Å²) in [6.07, 6.45) is 3.05. The van der Waals surface area contributed by atoms with Crippen molar-refractivity contribution in [2.75, 3.05) is 6.61 Å². The van der Waals surface area contributed by atoms with Crippen LogP contribution in [-0.2, 0) is 19.1 Å². The van der Waals surface area contributed by atoms with Crippen LogP contribution in [0.4, 0.5) is 4.79 Å². The SMILES string of the molecule is C=C/C=C(\C=C)COC(=O)[C@@H](CC(=O)O)NC(=O)OC(C)(C)C. The third-order valence-electron chi connectivity index (χ3n) is 2.33. The Labute approximate surface area is 135 Å². The van der Waals surface area contributed by atoms with Crippen molar-refractivity contribution in [1.82, 2.24) is 5.32 Å². The third-order valence-corrected chi connectivity index (χ3v) is 2.33. The van der Waals surface area contributed by atoms with Crippen LogP contribution in [0.25, 0.3) is 0 Å². The van der Waals surface area contributed by atoms with Gasteiger partial charge in [-0.3, -0.25) is 4.79 Å². The first kappa shape index (κ1) is 20.4. The molecule has 23 heavy (non-hydrogen) atoms. The summed E-state index contributed by atoms with van der Waals surface area (Å²) in [6.45, 7) is 11.9. The van der Waals surface area contributed by atoms with Gasteiger partial charge in [-0.2, -0.15) is 0 Å². The summed E-state index contributed by atoms with van der Waals surface area (Å²) in [5.41, 5.74) is -0.190. The zero-order chi connectivity index (χ0) is 18.0. The predicted molar refractivity (Wildman–Crippen MR) is 84.8 cm³/mol. The minimum Gasteiger partial charge on any atom is -0.481 e. The lowest BCUT2D eigenvalue weighted by Crippen LogP contribution is -2.45. The van der Waals surface area contributed by atoms with E-state index in [0.29, 0.717) is 5.57 Å². The van der Waals surface area contributed by atoms with Crippen LogP contribution in [0.1, 0.15) is 27.2 Å². The van der Waals surface area contributed by atoms with Crippen molar-refractivity contribution >= 4 is 18.0 Å². The lowest BCUT2D eigenvalue weighted by atomic mass is 10.2. The third kappa shape index (κ3) is 9.89. The molecular weight excluding hydrogens is 302 g/mol. The van der Waals surface area contributed by atoms with Crippen molar-refractivity contribution in [3.63, 3.8) is 0 Å². The van der Waals surface area contributed by atoms with E-state index in [1.54, 1.807) is 26.8 Å². The Kier molecular flexibility index (Phi) is 8.39. The molecule has 0 aliphatic carbocycles. The van der Waals surface area contributed by atoms with Gasteiger partial charge in [-0.05, 0) is 26.3 Å². The smallest absolute Gasteiger partial charge is 0.408 e. The molecule has 7 nitrogen and oxygen atoms in total. The fourth-order valence-corrected chi connectivity index (χ4v) is 1.40. The molecule has 0 bridgehead atoms. The largest absolute Gasteiger partial charge is 0.481 e. The van der Waals surface area contributed by atoms with E-state index < -0.39 is 36.1 Å². The second-order valence-corrected chi connectivity index (χ2v) is 5.59. The Balaban J connectivity index is 4.82. The number of carbonyl (C=O) groups excluding carboxylic acids is 2. The first-order valence-corrected chi connectivity index (χ1v) is 6.91. The second kappa shape index (κ2) is 9.45. The number of carboxylic acid groups (broad SMARTS) is 1. The normalized spacial score (nSPS) is 12.7. The van der Waals surface area contributed by atoms with Crippen LogP contribution in [0.3, 0.4) is 0 Å². The molecule has 0 saturated carbocycles. The summed E-state index contributed by atoms with van der Waals surface area (Å²) in [5.74, 6) is -2.14. The highest BCUT2D eigenvalue weighted by molar-refractivity contribution is 5.85. The molecule has 0 aromatic heterocycles. The van der Waals surface area contributed by atoms with Crippen LogP contribution in [-0.4, -0.2) is 41.4 Å². The van der Waals surface area contributed by atoms with E-state index in [1.165, 1.54) is 12.2 Å². The first-order chi connectivity index (χ1) is 10.6. The van der Waals surface area contributed by atoms with Gasteiger partial charge in [0.15, 0.2) is 0 Å². The molecule has 0 aliphatic heterocycles. The van der Waals surface area contributed by atoms with Crippen molar-refractivity contribution in [1.29, 1.82) is 0 Å². The standard InChI is InChI=1S/C16H23NO6/c1-6-8-11(7-2)10-22-14(20)12(9-13(18)19)17-15(21)23-16(3,4)5/h6-8,12H,1-2,9-10H2,3-5H3,(H,17,21)(H,18,19)/b11-8+/t12-/m1/s1. The van der Waals surface area contributed by atoms with Gasteiger partial charge in [0, 0.05) is 0 Å². The lowest BCUT2D eigenvalue weighted by molar-refractivity contribution is -0.149. The van der Waals surface area contributed by atoms with E-state index >= 15 is 0 Å². The van der Waals surface area contributed by atoms with Gasteiger partial charge in [0.1, 0.15) is 18.2 Å². The van der Waals surface area contributed by atoms with Crippen molar-refractivity contribution in [3.8, 4) is 0 Å².